The SMILES string of the molecule is [N-]=[N+]=N[C@@H]1[C@H](OCc2ccccc2)OC[C@H]1O. The number of nitrogens with zero attached hydrogens (tertiary/aromatic N) is 3. The largest absolute Gasteiger partial charge is 0.390 e. The van der Waals surface area contributed by atoms with Gasteiger partial charge in [0, 0.05) is 4.91 Å². The van der Waals surface area contributed by atoms with Crippen LogP contribution in [0.5, 0.6) is 0 Å². The first-order chi connectivity index (χ1) is 8.31. The van der Waals surface area contributed by atoms with Crippen LogP contribution in [0.3, 0.4) is 0 Å². The van der Waals surface area contributed by atoms with E-state index in [1.54, 1.807) is 0 Å². The van der Waals surface area contributed by atoms with Gasteiger partial charge in [0.25, 0.3) is 0 Å². The fourth-order valence-electron chi connectivity index (χ4n) is 1.66. The monoisotopic (exact) mass is 235 g/mol. The Kier molecular flexibility index (Phi) is 3.95. The van der Waals surface area contributed by atoms with Gasteiger partial charge >= 0.3 is 0 Å². The molecule has 1 fully saturated rings. The van der Waals surface area contributed by atoms with Crippen molar-refractivity contribution < 1.29 is 14.6 Å². The first-order valence-electron chi connectivity index (χ1n) is 5.30. The summed E-state index contributed by atoms with van der Waals surface area (Å²) in [6, 6.07) is 8.91. The Balaban J connectivity index is 1.93. The van der Waals surface area contributed by atoms with E-state index in [0.29, 0.717) is 6.61 Å². The molecular formula is C11H13N3O3. The van der Waals surface area contributed by atoms with E-state index in [0.717, 1.165) is 5.56 Å². The van der Waals surface area contributed by atoms with E-state index in [1.165, 1.54) is 0 Å². The Hall–Kier alpha value is -1.59. The van der Waals surface area contributed by atoms with Gasteiger partial charge in [0.1, 0.15) is 6.04 Å². The second-order valence-corrected chi connectivity index (χ2v) is 3.76. The lowest BCUT2D eigenvalue weighted by Gasteiger charge is -2.16. The van der Waals surface area contributed by atoms with Gasteiger partial charge in [0.15, 0.2) is 6.29 Å². The Morgan fingerprint density at radius 1 is 1.47 bits per heavy atom. The molecule has 6 nitrogen and oxygen atoms in total. The maximum Gasteiger partial charge on any atom is 0.169 e. The zero-order chi connectivity index (χ0) is 12.1. The lowest BCUT2D eigenvalue weighted by atomic mass is 10.2. The van der Waals surface area contributed by atoms with E-state index in [1.807, 2.05) is 30.3 Å². The van der Waals surface area contributed by atoms with E-state index in [-0.39, 0.29) is 6.61 Å². The molecule has 1 aromatic carbocycles. The molecule has 1 aliphatic rings. The Bertz CT molecular complexity index is 406. The van der Waals surface area contributed by atoms with E-state index in [4.69, 9.17) is 15.0 Å². The van der Waals surface area contributed by atoms with Gasteiger partial charge in [0.2, 0.25) is 0 Å². The van der Waals surface area contributed by atoms with Gasteiger partial charge in [-0.15, -0.1) is 0 Å². The fraction of sp³-hybridized carbons (Fsp3) is 0.455. The van der Waals surface area contributed by atoms with Crippen molar-refractivity contribution in [2.45, 2.75) is 25.0 Å². The van der Waals surface area contributed by atoms with Crippen LogP contribution in [0.4, 0.5) is 0 Å². The number of hydrogen-bond acceptors (Lipinski definition) is 4. The average Bonchev–Trinajstić information content (AvgIpc) is 2.70. The number of azide groups is 1. The smallest absolute Gasteiger partial charge is 0.169 e. The van der Waals surface area contributed by atoms with Crippen molar-refractivity contribution in [2.75, 3.05) is 6.61 Å². The molecule has 1 aliphatic heterocycles. The highest BCUT2D eigenvalue weighted by molar-refractivity contribution is 5.13. The molecule has 0 radical (unpaired) electrons. The highest BCUT2D eigenvalue weighted by atomic mass is 16.7. The molecule has 0 amide bonds. The van der Waals surface area contributed by atoms with Crippen LogP contribution in [-0.4, -0.2) is 30.1 Å². The van der Waals surface area contributed by atoms with E-state index < -0.39 is 18.4 Å². The number of benzene rings is 1. The highest BCUT2D eigenvalue weighted by Crippen LogP contribution is 2.20. The predicted octanol–water partition coefficient (Wildman–Crippen LogP) is 1.60. The minimum Gasteiger partial charge on any atom is -0.390 e. The number of hydrogen-bond donors (Lipinski definition) is 1. The molecule has 6 heteroatoms. The van der Waals surface area contributed by atoms with Crippen molar-refractivity contribution in [3.63, 3.8) is 0 Å². The molecule has 0 unspecified atom stereocenters. The summed E-state index contributed by atoms with van der Waals surface area (Å²) >= 11 is 0. The van der Waals surface area contributed by atoms with Gasteiger partial charge in [-0.25, -0.2) is 0 Å². The molecule has 2 rings (SSSR count). The third kappa shape index (κ3) is 2.95. The van der Waals surface area contributed by atoms with Gasteiger partial charge in [-0.1, -0.05) is 35.4 Å². The van der Waals surface area contributed by atoms with Crippen LogP contribution in [0.25, 0.3) is 10.4 Å². The number of aliphatic hydroxyl groups excluding tert-OH is 1. The lowest BCUT2D eigenvalue weighted by Crippen LogP contribution is -2.29. The standard InChI is InChI=1S/C11H13N3O3/c12-14-13-10-9(15)7-17-11(10)16-6-8-4-2-1-3-5-8/h1-5,9-11,15H,6-7H2/t9-,10+,11-/m1/s1. The summed E-state index contributed by atoms with van der Waals surface area (Å²) < 4.78 is 10.7. The van der Waals surface area contributed by atoms with Crippen molar-refractivity contribution in [3.05, 3.63) is 46.3 Å². The third-order valence-corrected chi connectivity index (χ3v) is 2.55. The first kappa shape index (κ1) is 11.9. The second kappa shape index (κ2) is 5.65. The highest BCUT2D eigenvalue weighted by Gasteiger charge is 2.36. The molecule has 0 saturated carbocycles. The molecule has 0 aromatic heterocycles. The average molecular weight is 235 g/mol. The molecule has 1 heterocycles. The molecule has 0 aliphatic carbocycles. The summed E-state index contributed by atoms with van der Waals surface area (Å²) in [6.07, 6.45) is -1.48. The number of rotatable bonds is 4. The summed E-state index contributed by atoms with van der Waals surface area (Å²) in [4.78, 5) is 2.68. The molecule has 0 spiro atoms. The lowest BCUT2D eigenvalue weighted by molar-refractivity contribution is -0.125. The molecule has 0 bridgehead atoms. The van der Waals surface area contributed by atoms with Crippen molar-refractivity contribution in [3.8, 4) is 0 Å². The molecule has 90 valence electrons. The van der Waals surface area contributed by atoms with Crippen molar-refractivity contribution in [1.29, 1.82) is 0 Å². The third-order valence-electron chi connectivity index (χ3n) is 2.55. The van der Waals surface area contributed by atoms with Crippen LogP contribution >= 0.6 is 0 Å². The van der Waals surface area contributed by atoms with Gasteiger partial charge in [0.05, 0.1) is 19.3 Å². The molecule has 3 atom stereocenters. The molecular weight excluding hydrogens is 222 g/mol. The van der Waals surface area contributed by atoms with Crippen LogP contribution in [0.15, 0.2) is 35.4 Å². The number of aliphatic hydroxyl groups is 1. The van der Waals surface area contributed by atoms with Crippen LogP contribution in [0, 0.1) is 0 Å². The van der Waals surface area contributed by atoms with Crippen LogP contribution in [0.2, 0.25) is 0 Å². The van der Waals surface area contributed by atoms with Gasteiger partial charge < -0.3 is 14.6 Å². The zero-order valence-corrected chi connectivity index (χ0v) is 9.14. The maximum absolute atomic E-state index is 9.52. The van der Waals surface area contributed by atoms with Gasteiger partial charge in [-0.3, -0.25) is 0 Å². The van der Waals surface area contributed by atoms with Crippen molar-refractivity contribution in [2.24, 2.45) is 5.11 Å². The fourth-order valence-corrected chi connectivity index (χ4v) is 1.66. The second-order valence-electron chi connectivity index (χ2n) is 3.76. The van der Waals surface area contributed by atoms with E-state index in [9.17, 15) is 5.11 Å². The number of ether oxygens (including phenoxy) is 2. The van der Waals surface area contributed by atoms with Crippen LogP contribution < -0.4 is 0 Å². The quantitative estimate of drug-likeness (QED) is 0.488. The van der Waals surface area contributed by atoms with Crippen LogP contribution in [-0.2, 0) is 16.1 Å². The summed E-state index contributed by atoms with van der Waals surface area (Å²) in [5.41, 5.74) is 9.38. The van der Waals surface area contributed by atoms with Crippen LogP contribution in [0.1, 0.15) is 5.56 Å². The normalized spacial score (nSPS) is 27.7. The molecule has 17 heavy (non-hydrogen) atoms. The van der Waals surface area contributed by atoms with Gasteiger partial charge in [-0.05, 0) is 11.1 Å². The summed E-state index contributed by atoms with van der Waals surface area (Å²) in [7, 11) is 0. The zero-order valence-electron chi connectivity index (χ0n) is 9.14. The molecule has 1 aromatic rings. The predicted molar refractivity (Wildman–Crippen MR) is 59.9 cm³/mol. The Morgan fingerprint density at radius 3 is 2.94 bits per heavy atom. The Morgan fingerprint density at radius 2 is 2.24 bits per heavy atom. The topological polar surface area (TPSA) is 87.5 Å². The van der Waals surface area contributed by atoms with E-state index in [2.05, 4.69) is 10.0 Å². The Labute approximate surface area is 98.4 Å². The van der Waals surface area contributed by atoms with Crippen molar-refractivity contribution in [1.82, 2.24) is 0 Å². The van der Waals surface area contributed by atoms with Crippen molar-refractivity contribution >= 4 is 0 Å². The van der Waals surface area contributed by atoms with E-state index >= 15 is 0 Å². The minimum atomic E-state index is -0.799. The minimum absolute atomic E-state index is 0.128. The molecule has 1 N–H and O–H groups in total. The summed E-state index contributed by atoms with van der Waals surface area (Å²) in [5.74, 6) is 0. The summed E-state index contributed by atoms with van der Waals surface area (Å²) in [6.45, 7) is 0.485. The summed E-state index contributed by atoms with van der Waals surface area (Å²) in [5, 5.41) is 13.0. The molecule has 1 saturated heterocycles. The first-order valence-corrected chi connectivity index (χ1v) is 5.30. The maximum atomic E-state index is 9.52. The van der Waals surface area contributed by atoms with Gasteiger partial charge in [-0.2, -0.15) is 0 Å².